The Hall–Kier alpha value is -2.10. The Kier molecular flexibility index (Phi) is 8.31. The number of urea groups is 1. The second-order valence-corrected chi connectivity index (χ2v) is 11.1. The fourth-order valence-corrected chi connectivity index (χ4v) is 4.75. The van der Waals surface area contributed by atoms with Crippen LogP contribution in [0.5, 0.6) is 0 Å². The van der Waals surface area contributed by atoms with Crippen molar-refractivity contribution in [3.05, 3.63) is 18.0 Å². The van der Waals surface area contributed by atoms with E-state index < -0.39 is 11.7 Å². The summed E-state index contributed by atoms with van der Waals surface area (Å²) in [4.78, 5) is 27.0. The van der Waals surface area contributed by atoms with Crippen molar-refractivity contribution in [2.24, 2.45) is 11.3 Å². The Bertz CT molecular complexity index is 790. The van der Waals surface area contributed by atoms with E-state index in [9.17, 15) is 18.0 Å². The van der Waals surface area contributed by atoms with Gasteiger partial charge in [-0.15, -0.1) is 0 Å². The van der Waals surface area contributed by atoms with Crippen molar-refractivity contribution in [2.75, 3.05) is 44.2 Å². The van der Waals surface area contributed by atoms with Crippen LogP contribution in [0.15, 0.2) is 12.4 Å². The number of alkyl halides is 3. The SMILES string of the molecule is C[C@@H]1CN(c2ncc(C(F)(F)F)cn2)C[C@H](C)N1C(=O)NCC1CCN(CCC(C)(C)C)CC1. The van der Waals surface area contributed by atoms with Crippen LogP contribution in [-0.4, -0.2) is 77.2 Å². The molecule has 2 saturated heterocycles. The van der Waals surface area contributed by atoms with Gasteiger partial charge in [0.2, 0.25) is 5.95 Å². The van der Waals surface area contributed by atoms with Gasteiger partial charge in [-0.1, -0.05) is 20.8 Å². The van der Waals surface area contributed by atoms with E-state index in [2.05, 4.69) is 41.0 Å². The Balaban J connectivity index is 1.46. The van der Waals surface area contributed by atoms with Gasteiger partial charge in [-0.2, -0.15) is 13.2 Å². The summed E-state index contributed by atoms with van der Waals surface area (Å²) in [5, 5.41) is 3.13. The highest BCUT2D eigenvalue weighted by atomic mass is 19.4. The number of piperazine rings is 1. The van der Waals surface area contributed by atoms with Crippen molar-refractivity contribution in [1.82, 2.24) is 25.1 Å². The van der Waals surface area contributed by atoms with E-state index in [1.165, 1.54) is 6.42 Å². The number of rotatable bonds is 5. The maximum Gasteiger partial charge on any atom is 0.419 e. The molecule has 2 aliphatic rings. The number of aromatic nitrogens is 2. The van der Waals surface area contributed by atoms with E-state index in [-0.39, 0.29) is 24.1 Å². The molecule has 2 aliphatic heterocycles. The molecule has 2 amide bonds. The second kappa shape index (κ2) is 10.7. The first kappa shape index (κ1) is 26.5. The van der Waals surface area contributed by atoms with Crippen LogP contribution < -0.4 is 10.2 Å². The first-order valence-corrected chi connectivity index (χ1v) is 12.3. The van der Waals surface area contributed by atoms with Crippen LogP contribution in [0.3, 0.4) is 0 Å². The van der Waals surface area contributed by atoms with Crippen molar-refractivity contribution < 1.29 is 18.0 Å². The average Bonchev–Trinajstić information content (AvgIpc) is 2.75. The first-order valence-electron chi connectivity index (χ1n) is 12.3. The predicted octanol–water partition coefficient (Wildman–Crippen LogP) is 4.25. The maximum absolute atomic E-state index is 13.0. The van der Waals surface area contributed by atoms with Gasteiger partial charge in [-0.05, 0) is 64.1 Å². The molecule has 0 aliphatic carbocycles. The molecule has 1 aromatic rings. The standard InChI is InChI=1S/C24H39F3N6O/c1-17-15-32(21-28-13-20(14-29-21)24(25,26)27)16-18(2)33(17)22(34)30-12-19-6-9-31(10-7-19)11-8-23(3,4)5/h13-14,17-19H,6-12,15-16H2,1-5H3,(H,30,34)/t17-,18+. The highest BCUT2D eigenvalue weighted by Crippen LogP contribution is 2.29. The zero-order valence-corrected chi connectivity index (χ0v) is 21.0. The van der Waals surface area contributed by atoms with Crippen molar-refractivity contribution in [3.63, 3.8) is 0 Å². The third kappa shape index (κ3) is 7.20. The van der Waals surface area contributed by atoms with Crippen LogP contribution in [0.4, 0.5) is 23.9 Å². The minimum Gasteiger partial charge on any atom is -0.338 e. The number of amides is 2. The van der Waals surface area contributed by atoms with Gasteiger partial charge in [0.1, 0.15) is 0 Å². The number of anilines is 1. The summed E-state index contributed by atoms with van der Waals surface area (Å²) in [6, 6.07) is -0.314. The van der Waals surface area contributed by atoms with Gasteiger partial charge in [0.15, 0.2) is 0 Å². The van der Waals surface area contributed by atoms with Crippen molar-refractivity contribution >= 4 is 12.0 Å². The van der Waals surface area contributed by atoms with E-state index >= 15 is 0 Å². The van der Waals surface area contributed by atoms with Gasteiger partial charge < -0.3 is 20.0 Å². The molecular formula is C24H39F3N6O. The minimum absolute atomic E-state index is 0.0804. The molecule has 192 valence electrons. The lowest BCUT2D eigenvalue weighted by Gasteiger charge is -2.44. The largest absolute Gasteiger partial charge is 0.419 e. The summed E-state index contributed by atoms with van der Waals surface area (Å²) in [6.07, 6.45) is 0.534. The molecule has 34 heavy (non-hydrogen) atoms. The van der Waals surface area contributed by atoms with E-state index in [1.54, 1.807) is 0 Å². The number of carbonyl (C=O) groups excluding carboxylic acids is 1. The molecule has 3 rings (SSSR count). The Morgan fingerprint density at radius 3 is 2.12 bits per heavy atom. The average molecular weight is 485 g/mol. The fourth-order valence-electron chi connectivity index (χ4n) is 4.75. The topological polar surface area (TPSA) is 64.6 Å². The molecule has 7 nitrogen and oxygen atoms in total. The quantitative estimate of drug-likeness (QED) is 0.677. The van der Waals surface area contributed by atoms with E-state index in [0.29, 0.717) is 31.0 Å². The van der Waals surface area contributed by atoms with Gasteiger partial charge >= 0.3 is 12.2 Å². The van der Waals surface area contributed by atoms with Gasteiger partial charge in [0.05, 0.1) is 5.56 Å². The summed E-state index contributed by atoms with van der Waals surface area (Å²) in [5.74, 6) is 0.743. The van der Waals surface area contributed by atoms with Gasteiger partial charge in [0, 0.05) is 44.1 Å². The molecule has 0 spiro atoms. The second-order valence-electron chi connectivity index (χ2n) is 11.1. The van der Waals surface area contributed by atoms with Gasteiger partial charge in [0.25, 0.3) is 0 Å². The van der Waals surface area contributed by atoms with Gasteiger partial charge in [-0.25, -0.2) is 14.8 Å². The molecule has 1 aromatic heterocycles. The number of nitrogens with zero attached hydrogens (tertiary/aromatic N) is 5. The smallest absolute Gasteiger partial charge is 0.338 e. The van der Waals surface area contributed by atoms with Crippen molar-refractivity contribution in [2.45, 2.75) is 72.1 Å². The summed E-state index contributed by atoms with van der Waals surface area (Å²) in [6.45, 7) is 15.6. The summed E-state index contributed by atoms with van der Waals surface area (Å²) in [7, 11) is 0. The molecule has 0 bridgehead atoms. The van der Waals surface area contributed by atoms with Crippen LogP contribution in [0.2, 0.25) is 0 Å². The molecule has 0 unspecified atom stereocenters. The van der Waals surface area contributed by atoms with Crippen molar-refractivity contribution in [1.29, 1.82) is 0 Å². The molecule has 3 heterocycles. The third-order valence-electron chi connectivity index (χ3n) is 6.83. The lowest BCUT2D eigenvalue weighted by molar-refractivity contribution is -0.138. The lowest BCUT2D eigenvalue weighted by atomic mass is 9.91. The van der Waals surface area contributed by atoms with Crippen molar-refractivity contribution in [3.8, 4) is 0 Å². The normalized spacial score (nSPS) is 23.3. The highest BCUT2D eigenvalue weighted by Gasteiger charge is 2.35. The monoisotopic (exact) mass is 484 g/mol. The number of halogens is 3. The molecule has 2 fully saturated rings. The van der Waals surface area contributed by atoms with Crippen LogP contribution in [0, 0.1) is 11.3 Å². The summed E-state index contributed by atoms with van der Waals surface area (Å²) < 4.78 is 38.3. The Labute approximate surface area is 201 Å². The molecular weight excluding hydrogens is 445 g/mol. The van der Waals surface area contributed by atoms with Crippen LogP contribution in [-0.2, 0) is 6.18 Å². The molecule has 2 atom stereocenters. The third-order valence-corrected chi connectivity index (χ3v) is 6.83. The van der Waals surface area contributed by atoms with Crippen LogP contribution in [0.25, 0.3) is 0 Å². The maximum atomic E-state index is 13.0. The number of hydrogen-bond acceptors (Lipinski definition) is 5. The summed E-state index contributed by atoms with van der Waals surface area (Å²) in [5.41, 5.74) is -0.517. The molecule has 0 saturated carbocycles. The Morgan fingerprint density at radius 1 is 1.06 bits per heavy atom. The zero-order chi connectivity index (χ0) is 25.1. The molecule has 1 N–H and O–H groups in total. The molecule has 10 heteroatoms. The summed E-state index contributed by atoms with van der Waals surface area (Å²) >= 11 is 0. The predicted molar refractivity (Wildman–Crippen MR) is 127 cm³/mol. The molecule has 0 radical (unpaired) electrons. The van der Waals surface area contributed by atoms with Crippen LogP contribution in [0.1, 0.15) is 59.4 Å². The Morgan fingerprint density at radius 2 is 1.62 bits per heavy atom. The molecule has 0 aromatic carbocycles. The minimum atomic E-state index is -4.46. The number of piperidine rings is 1. The first-order chi connectivity index (χ1) is 15.8. The number of likely N-dealkylation sites (tertiary alicyclic amines) is 1. The number of nitrogens with one attached hydrogen (secondary N) is 1. The number of hydrogen-bond donors (Lipinski definition) is 1. The number of carbonyl (C=O) groups is 1. The zero-order valence-electron chi connectivity index (χ0n) is 21.0. The van der Waals surface area contributed by atoms with Crippen LogP contribution >= 0.6 is 0 Å². The van der Waals surface area contributed by atoms with E-state index in [0.717, 1.165) is 44.9 Å². The van der Waals surface area contributed by atoms with Gasteiger partial charge in [-0.3, -0.25) is 0 Å². The fraction of sp³-hybridized carbons (Fsp3) is 0.792. The van der Waals surface area contributed by atoms with E-state index in [4.69, 9.17) is 0 Å². The lowest BCUT2D eigenvalue weighted by Crippen LogP contribution is -2.61. The highest BCUT2D eigenvalue weighted by molar-refractivity contribution is 5.75. The van der Waals surface area contributed by atoms with E-state index in [1.807, 2.05) is 23.6 Å².